The number of carbonyl (C=O) groups excluding carboxylic acids is 1. The number of aromatic nitrogens is 18. The van der Waals surface area contributed by atoms with Gasteiger partial charge in [-0.2, -0.15) is 45.9 Å². The second-order valence-electron chi connectivity index (χ2n) is 36.3. The number of rotatable bonds is 12. The van der Waals surface area contributed by atoms with E-state index < -0.39 is 0 Å². The van der Waals surface area contributed by atoms with Gasteiger partial charge in [0.25, 0.3) is 0 Å². The summed E-state index contributed by atoms with van der Waals surface area (Å²) in [5.74, 6) is 2.87. The van der Waals surface area contributed by atoms with Crippen LogP contribution in [0.15, 0.2) is 146 Å². The van der Waals surface area contributed by atoms with E-state index in [1.165, 1.54) is 79.2 Å². The quantitative estimate of drug-likeness (QED) is 0.103. The molecule has 0 radical (unpaired) electrons. The molecule has 694 valence electrons. The Hall–Kier alpha value is -8.51. The molecule has 10 fully saturated rings. The number of benzene rings is 5. The number of aromatic amines is 2. The van der Waals surface area contributed by atoms with Crippen molar-refractivity contribution >= 4 is 134 Å². The molecule has 29 nitrogen and oxygen atoms in total. The molecule has 4 atom stereocenters. The minimum Gasteiger partial charge on any atom is -0.380 e. The van der Waals surface area contributed by atoms with Gasteiger partial charge >= 0.3 is 0 Å². The van der Waals surface area contributed by atoms with E-state index in [1.54, 1.807) is 24.9 Å². The summed E-state index contributed by atoms with van der Waals surface area (Å²) in [6, 6.07) is 23.7. The summed E-state index contributed by atoms with van der Waals surface area (Å²) in [6.45, 7) is 19.4. The number of piperidine rings is 5. The van der Waals surface area contributed by atoms with Gasteiger partial charge in [0.15, 0.2) is 5.78 Å². The molecular formula is C96H117BrCl5N23O6. The van der Waals surface area contributed by atoms with Crippen molar-refractivity contribution in [2.24, 2.45) is 28.2 Å². The van der Waals surface area contributed by atoms with Gasteiger partial charge in [-0.05, 0) is 289 Å². The van der Waals surface area contributed by atoms with Crippen LogP contribution in [0.3, 0.4) is 0 Å². The van der Waals surface area contributed by atoms with Crippen LogP contribution in [-0.2, 0) is 56.7 Å². The minimum absolute atomic E-state index is 0.231. The molecule has 3 N–H and O–H groups in total. The van der Waals surface area contributed by atoms with E-state index in [0.29, 0.717) is 73.4 Å². The normalized spacial score (nSPS) is 21.4. The summed E-state index contributed by atoms with van der Waals surface area (Å²) in [4.78, 5) is 20.5. The predicted molar refractivity (Wildman–Crippen MR) is 518 cm³/mol. The molecule has 0 spiro atoms. The van der Waals surface area contributed by atoms with Gasteiger partial charge in [-0.1, -0.05) is 58.0 Å². The van der Waals surface area contributed by atoms with Crippen LogP contribution in [-0.4, -0.2) is 270 Å². The highest BCUT2D eigenvalue weighted by Crippen LogP contribution is 2.43. The number of nitrogens with one attached hydrogen (secondary N) is 3. The lowest BCUT2D eigenvalue weighted by Crippen LogP contribution is -2.41. The topological polar surface area (TPSA) is 270 Å². The van der Waals surface area contributed by atoms with Gasteiger partial charge < -0.3 is 29.0 Å². The van der Waals surface area contributed by atoms with Crippen LogP contribution in [0.25, 0.3) is 71.6 Å². The Labute approximate surface area is 796 Å². The van der Waals surface area contributed by atoms with E-state index in [9.17, 15) is 4.79 Å². The van der Waals surface area contributed by atoms with Crippen molar-refractivity contribution in [1.82, 2.24) is 114 Å². The lowest BCUT2D eigenvalue weighted by atomic mass is 9.88. The van der Waals surface area contributed by atoms with Crippen LogP contribution in [0.1, 0.15) is 154 Å². The molecule has 0 aliphatic carbocycles. The Morgan fingerprint density at radius 1 is 0.336 bits per heavy atom. The Morgan fingerprint density at radius 2 is 0.641 bits per heavy atom. The number of ether oxygens (including phenoxy) is 5. The first-order chi connectivity index (χ1) is 63.9. The first kappa shape index (κ1) is 92.9. The number of hydrogen-bond donors (Lipinski definition) is 3. The molecule has 10 aliphatic heterocycles. The molecule has 14 aromatic rings. The van der Waals surface area contributed by atoms with Crippen LogP contribution in [0.2, 0.25) is 25.1 Å². The largest absolute Gasteiger partial charge is 0.380 e. The van der Waals surface area contributed by atoms with Crippen molar-refractivity contribution in [3.63, 3.8) is 0 Å². The fourth-order valence-electron chi connectivity index (χ4n) is 20.4. The number of carbonyl (C=O) groups is 1. The zero-order valence-electron chi connectivity index (χ0n) is 74.9. The number of hydrogen-bond acceptors (Lipinski definition) is 20. The molecule has 0 amide bonds. The van der Waals surface area contributed by atoms with Crippen LogP contribution in [0, 0.1) is 0 Å². The van der Waals surface area contributed by atoms with Gasteiger partial charge in [0.1, 0.15) is 23.7 Å². The third kappa shape index (κ3) is 22.5. The number of likely N-dealkylation sites (tertiary alicyclic amines) is 4. The van der Waals surface area contributed by atoms with Crippen LogP contribution in [0.4, 0.5) is 0 Å². The summed E-state index contributed by atoms with van der Waals surface area (Å²) < 4.78 is 40.9. The first-order valence-corrected chi connectivity index (χ1v) is 49.0. The van der Waals surface area contributed by atoms with Gasteiger partial charge in [0.2, 0.25) is 0 Å². The summed E-state index contributed by atoms with van der Waals surface area (Å²) in [5.41, 5.74) is 14.6. The van der Waals surface area contributed by atoms with E-state index in [2.05, 4.69) is 145 Å². The lowest BCUT2D eigenvalue weighted by Gasteiger charge is -2.35. The zero-order valence-corrected chi connectivity index (χ0v) is 80.3. The lowest BCUT2D eigenvalue weighted by molar-refractivity contribution is -0.117. The number of fused-ring (bicyclic) bond motifs is 5. The fourth-order valence-corrected chi connectivity index (χ4v) is 22.4. The molecule has 10 aliphatic rings. The summed E-state index contributed by atoms with van der Waals surface area (Å²) in [7, 11) is 7.63. The number of H-pyrrole nitrogens is 2. The predicted octanol–water partition coefficient (Wildman–Crippen LogP) is 17.2. The monoisotopic (exact) mass is 1940 g/mol. The highest BCUT2D eigenvalue weighted by Gasteiger charge is 2.35. The molecule has 19 heterocycles. The van der Waals surface area contributed by atoms with Gasteiger partial charge in [-0.15, -0.1) is 0 Å². The molecule has 131 heavy (non-hydrogen) atoms. The molecule has 10 saturated heterocycles. The maximum absolute atomic E-state index is 10.1. The second kappa shape index (κ2) is 43.4. The number of ketones is 1. The molecule has 35 heteroatoms. The number of aryl methyl sites for hydroxylation is 4. The molecule has 5 aromatic carbocycles. The van der Waals surface area contributed by atoms with Crippen LogP contribution in [0.5, 0.6) is 0 Å². The van der Waals surface area contributed by atoms with Crippen molar-refractivity contribution in [1.29, 1.82) is 0 Å². The first-order valence-electron chi connectivity index (χ1n) is 46.4. The second-order valence-corrected chi connectivity index (χ2v) is 39.2. The van der Waals surface area contributed by atoms with E-state index in [-0.39, 0.29) is 5.78 Å². The number of halogens is 6. The Kier molecular flexibility index (Phi) is 30.8. The van der Waals surface area contributed by atoms with Gasteiger partial charge in [-0.3, -0.25) is 53.3 Å². The van der Waals surface area contributed by atoms with Crippen molar-refractivity contribution in [3.05, 3.63) is 199 Å². The van der Waals surface area contributed by atoms with E-state index in [4.69, 9.17) is 81.7 Å². The third-order valence-electron chi connectivity index (χ3n) is 27.8. The zero-order chi connectivity index (χ0) is 90.0. The minimum atomic E-state index is 0.231. The van der Waals surface area contributed by atoms with Crippen molar-refractivity contribution < 1.29 is 28.5 Å². The molecule has 9 aromatic heterocycles. The average Bonchev–Trinajstić information content (AvgIpc) is 1.66. The average molecular weight is 1950 g/mol. The standard InChI is InChI=1S/3C20H24ClN5O.C16H20ClN3O.C12H14ClN3.C4H5BrN2.C4H6O2/c3*1-24-12-17(11-22-24)26-20-9-18(19(21)8-15(20)10-23-26)14-2-5-25(6-3-14)16-4-7-27-13-16;17-15-7-12-9-18-19-16(12)8-14(15)11-1-4-20(5-2-11)13-3-6-21-10-13;13-11-5-9-7-15-16-12(9)6-10(11)8-1-3-14-4-2-8;1-7-3-4(5)2-6-7;5-4-1-2-6-3-4/h3*8-12,14,16H,2-7,13H2,1H3;7-9,11,13H,1-6,10H2,(H,18,19);5-8,14H,1-4H2,(H,15,16);2-3H,1H3;1-3H2. The highest BCUT2D eigenvalue weighted by molar-refractivity contribution is 9.10. The van der Waals surface area contributed by atoms with Crippen molar-refractivity contribution in [2.75, 3.05) is 132 Å². The Balaban J connectivity index is 0.000000107. The summed E-state index contributed by atoms with van der Waals surface area (Å²) in [6.07, 6.45) is 41.2. The molecule has 0 bridgehead atoms. The van der Waals surface area contributed by atoms with E-state index >= 15 is 0 Å². The number of Topliss-reactive ketones (excluding diaryl/α,β-unsaturated/α-hetero) is 1. The van der Waals surface area contributed by atoms with Crippen molar-refractivity contribution in [3.8, 4) is 17.1 Å². The molecular weight excluding hydrogens is 1830 g/mol. The summed E-state index contributed by atoms with van der Waals surface area (Å²) in [5, 5.41) is 57.6. The fraction of sp³-hybridized carbons (Fsp3) is 0.500. The maximum atomic E-state index is 10.1. The maximum Gasteiger partial charge on any atom is 0.160 e. The Bertz CT molecular complexity index is 5720. The van der Waals surface area contributed by atoms with Crippen molar-refractivity contribution in [2.45, 2.75) is 150 Å². The molecule has 4 unspecified atom stereocenters. The van der Waals surface area contributed by atoms with Crippen LogP contribution < -0.4 is 5.32 Å². The molecule has 0 saturated carbocycles. The summed E-state index contributed by atoms with van der Waals surface area (Å²) >= 11 is 36.1. The highest BCUT2D eigenvalue weighted by atomic mass is 79.9. The Morgan fingerprint density at radius 3 is 0.893 bits per heavy atom. The van der Waals surface area contributed by atoms with E-state index in [1.807, 2.05) is 129 Å². The van der Waals surface area contributed by atoms with Gasteiger partial charge in [0, 0.05) is 143 Å². The smallest absolute Gasteiger partial charge is 0.160 e. The molecule has 24 rings (SSSR count). The van der Waals surface area contributed by atoms with Crippen LogP contribution >= 0.6 is 73.9 Å². The third-order valence-corrected chi connectivity index (χ3v) is 29.8. The van der Waals surface area contributed by atoms with Gasteiger partial charge in [-0.25, -0.2) is 14.0 Å². The van der Waals surface area contributed by atoms with Gasteiger partial charge in [0.05, 0.1) is 139 Å². The van der Waals surface area contributed by atoms with E-state index in [0.717, 1.165) is 258 Å². The number of nitrogens with zero attached hydrogens (tertiary/aromatic N) is 20. The SMILES string of the molecule is Clc1cc2cn[nH]c2cc1C1CCN(C2CCOC2)CC1.Clc1cc2cn[nH]c2cc1C1CCNCC1.Cn1cc(-n2ncc3cc(Cl)c(C4CCN(C5CCOC5)CC4)cc32)cn1.Cn1cc(-n2ncc3cc(Cl)c(C4CCN(C5CCOC5)CC4)cc32)cn1.Cn1cc(-n2ncc3cc(Cl)c(C4CCN(C5CCOC5)CC4)cc32)cn1.Cn1cc(Br)cn1.O=C1CCOC1.